The molecule has 0 amide bonds. The number of carbonyl (C=O) groups is 1. The maximum atomic E-state index is 11.2. The minimum absolute atomic E-state index is 0.136. The largest absolute Gasteiger partial charge is 0.465 e. The van der Waals surface area contributed by atoms with Crippen LogP contribution in [0.2, 0.25) is 0 Å². The van der Waals surface area contributed by atoms with Crippen molar-refractivity contribution in [2.75, 3.05) is 13.2 Å². The van der Waals surface area contributed by atoms with Gasteiger partial charge in [0.1, 0.15) is 0 Å². The van der Waals surface area contributed by atoms with Crippen LogP contribution in [0.3, 0.4) is 0 Å². The second-order valence-electron chi connectivity index (χ2n) is 4.13. The third-order valence-electron chi connectivity index (χ3n) is 1.69. The molecule has 0 bridgehead atoms. The van der Waals surface area contributed by atoms with E-state index in [2.05, 4.69) is 0 Å². The van der Waals surface area contributed by atoms with E-state index in [1.54, 1.807) is 0 Å². The van der Waals surface area contributed by atoms with E-state index in [9.17, 15) is 4.79 Å². The molecule has 1 fully saturated rings. The molecule has 12 heavy (non-hydrogen) atoms. The fourth-order valence-corrected chi connectivity index (χ4v) is 0.734. The van der Waals surface area contributed by atoms with E-state index in [0.717, 1.165) is 13.0 Å². The second-order valence-corrected chi connectivity index (χ2v) is 4.13. The third-order valence-corrected chi connectivity index (χ3v) is 1.69. The molecule has 1 heterocycles. The van der Waals surface area contributed by atoms with Crippen molar-refractivity contribution in [2.24, 2.45) is 5.41 Å². The average Bonchev–Trinajstić information content (AvgIpc) is 2.69. The average molecular weight is 172 g/mol. The number of hydrogen-bond acceptors (Lipinski definition) is 3. The highest BCUT2D eigenvalue weighted by molar-refractivity contribution is 5.75. The maximum absolute atomic E-state index is 11.2. The third kappa shape index (κ3) is 3.22. The molecule has 0 aromatic heterocycles. The Morgan fingerprint density at radius 2 is 2.17 bits per heavy atom. The fourth-order valence-electron chi connectivity index (χ4n) is 0.734. The van der Waals surface area contributed by atoms with Gasteiger partial charge in [0, 0.05) is 6.42 Å². The topological polar surface area (TPSA) is 38.8 Å². The smallest absolute Gasteiger partial charge is 0.311 e. The minimum atomic E-state index is -0.385. The quantitative estimate of drug-likeness (QED) is 0.476. The Bertz CT molecular complexity index is 165. The summed E-state index contributed by atoms with van der Waals surface area (Å²) in [7, 11) is 0. The molecule has 70 valence electrons. The Morgan fingerprint density at radius 1 is 1.58 bits per heavy atom. The normalized spacial score (nSPS) is 22.1. The molecule has 0 aromatic carbocycles. The summed E-state index contributed by atoms with van der Waals surface area (Å²) in [5, 5.41) is 0. The van der Waals surface area contributed by atoms with Gasteiger partial charge in [-0.15, -0.1) is 0 Å². The van der Waals surface area contributed by atoms with E-state index >= 15 is 0 Å². The molecule has 3 nitrogen and oxygen atoms in total. The standard InChI is InChI=1S/C9H16O3/c1-9(2,3)8(10)11-5-4-7-6-12-7/h7H,4-6H2,1-3H3/t7-/m1/s1. The van der Waals surface area contributed by atoms with Gasteiger partial charge in [-0.1, -0.05) is 0 Å². The Morgan fingerprint density at radius 3 is 2.58 bits per heavy atom. The molecule has 0 aromatic rings. The van der Waals surface area contributed by atoms with Gasteiger partial charge in [-0.25, -0.2) is 0 Å². The zero-order chi connectivity index (χ0) is 9.19. The van der Waals surface area contributed by atoms with Gasteiger partial charge >= 0.3 is 5.97 Å². The lowest BCUT2D eigenvalue weighted by Crippen LogP contribution is -2.23. The van der Waals surface area contributed by atoms with Crippen molar-refractivity contribution < 1.29 is 14.3 Å². The number of esters is 1. The lowest BCUT2D eigenvalue weighted by Gasteiger charge is -2.15. The molecule has 0 aliphatic carbocycles. The van der Waals surface area contributed by atoms with Crippen LogP contribution >= 0.6 is 0 Å². The van der Waals surface area contributed by atoms with Crippen molar-refractivity contribution in [3.05, 3.63) is 0 Å². The van der Waals surface area contributed by atoms with Crippen molar-refractivity contribution >= 4 is 5.97 Å². The molecule has 0 radical (unpaired) electrons. The molecule has 3 heteroatoms. The number of epoxide rings is 1. The van der Waals surface area contributed by atoms with Gasteiger partial charge in [0.2, 0.25) is 0 Å². The number of rotatable bonds is 3. The highest BCUT2D eigenvalue weighted by Gasteiger charge is 2.25. The van der Waals surface area contributed by atoms with Gasteiger partial charge in [-0.2, -0.15) is 0 Å². The molecule has 1 saturated heterocycles. The van der Waals surface area contributed by atoms with E-state index in [0.29, 0.717) is 12.7 Å². The predicted octanol–water partition coefficient (Wildman–Crippen LogP) is 1.36. The van der Waals surface area contributed by atoms with Crippen LogP contribution in [0.15, 0.2) is 0 Å². The Labute approximate surface area is 73.0 Å². The highest BCUT2D eigenvalue weighted by Crippen LogP contribution is 2.17. The minimum Gasteiger partial charge on any atom is -0.465 e. The van der Waals surface area contributed by atoms with Crippen molar-refractivity contribution in [2.45, 2.75) is 33.3 Å². The van der Waals surface area contributed by atoms with E-state index in [-0.39, 0.29) is 11.4 Å². The molecule has 0 saturated carbocycles. The van der Waals surface area contributed by atoms with Gasteiger partial charge in [0.25, 0.3) is 0 Å². The van der Waals surface area contributed by atoms with E-state index in [1.807, 2.05) is 20.8 Å². The monoisotopic (exact) mass is 172 g/mol. The molecule has 0 unspecified atom stereocenters. The summed E-state index contributed by atoms with van der Waals surface area (Å²) in [6, 6.07) is 0. The van der Waals surface area contributed by atoms with Crippen molar-refractivity contribution in [3.63, 3.8) is 0 Å². The summed E-state index contributed by atoms with van der Waals surface area (Å²) in [6.07, 6.45) is 1.18. The van der Waals surface area contributed by atoms with Crippen molar-refractivity contribution in [3.8, 4) is 0 Å². The first-order chi connectivity index (χ1) is 5.50. The molecule has 0 N–H and O–H groups in total. The summed E-state index contributed by atoms with van der Waals surface area (Å²) in [4.78, 5) is 11.2. The van der Waals surface area contributed by atoms with E-state index < -0.39 is 0 Å². The van der Waals surface area contributed by atoms with Crippen LogP contribution in [0, 0.1) is 5.41 Å². The Kier molecular flexibility index (Phi) is 2.73. The van der Waals surface area contributed by atoms with Crippen LogP contribution in [0.25, 0.3) is 0 Å². The molecule has 1 aliphatic heterocycles. The van der Waals surface area contributed by atoms with Crippen LogP contribution < -0.4 is 0 Å². The molecule has 1 atom stereocenters. The maximum Gasteiger partial charge on any atom is 0.311 e. The van der Waals surface area contributed by atoms with Crippen molar-refractivity contribution in [1.29, 1.82) is 0 Å². The summed E-state index contributed by atoms with van der Waals surface area (Å²) in [5.74, 6) is -0.136. The van der Waals surface area contributed by atoms with Gasteiger partial charge in [0.05, 0.1) is 24.7 Å². The van der Waals surface area contributed by atoms with Crippen LogP contribution in [0.1, 0.15) is 27.2 Å². The molecule has 1 aliphatic rings. The number of hydrogen-bond donors (Lipinski definition) is 0. The summed E-state index contributed by atoms with van der Waals surface area (Å²) < 4.78 is 10.0. The summed E-state index contributed by atoms with van der Waals surface area (Å²) in [5.41, 5.74) is -0.385. The zero-order valence-corrected chi connectivity index (χ0v) is 7.92. The van der Waals surface area contributed by atoms with Crippen LogP contribution in [0.4, 0.5) is 0 Å². The molecule has 0 spiro atoms. The first kappa shape index (κ1) is 9.52. The Hall–Kier alpha value is -0.570. The van der Waals surface area contributed by atoms with Crippen molar-refractivity contribution in [1.82, 2.24) is 0 Å². The molecular formula is C9H16O3. The second kappa shape index (κ2) is 3.44. The van der Waals surface area contributed by atoms with Gasteiger partial charge < -0.3 is 9.47 Å². The van der Waals surface area contributed by atoms with E-state index in [4.69, 9.17) is 9.47 Å². The highest BCUT2D eigenvalue weighted by atomic mass is 16.6. The van der Waals surface area contributed by atoms with Gasteiger partial charge in [0.15, 0.2) is 0 Å². The SMILES string of the molecule is CC(C)(C)C(=O)OCC[C@@H]1CO1. The van der Waals surface area contributed by atoms with Gasteiger partial charge in [-0.3, -0.25) is 4.79 Å². The lowest BCUT2D eigenvalue weighted by molar-refractivity contribution is -0.153. The van der Waals surface area contributed by atoms with Crippen LogP contribution in [-0.2, 0) is 14.3 Å². The molecular weight excluding hydrogens is 156 g/mol. The number of ether oxygens (including phenoxy) is 2. The lowest BCUT2D eigenvalue weighted by atomic mass is 9.97. The first-order valence-electron chi connectivity index (χ1n) is 4.29. The zero-order valence-electron chi connectivity index (χ0n) is 7.92. The van der Waals surface area contributed by atoms with E-state index in [1.165, 1.54) is 0 Å². The summed E-state index contributed by atoms with van der Waals surface area (Å²) in [6.45, 7) is 6.86. The van der Waals surface area contributed by atoms with Crippen LogP contribution in [-0.4, -0.2) is 25.3 Å². The predicted molar refractivity (Wildman–Crippen MR) is 44.8 cm³/mol. The Balaban J connectivity index is 2.08. The number of carbonyl (C=O) groups excluding carboxylic acids is 1. The fraction of sp³-hybridized carbons (Fsp3) is 0.889. The molecule has 1 rings (SSSR count). The first-order valence-corrected chi connectivity index (χ1v) is 4.29. The van der Waals surface area contributed by atoms with Gasteiger partial charge in [-0.05, 0) is 20.8 Å². The summed E-state index contributed by atoms with van der Waals surface area (Å²) >= 11 is 0. The van der Waals surface area contributed by atoms with Crippen LogP contribution in [0.5, 0.6) is 0 Å².